The maximum absolute atomic E-state index is 9.71. The summed E-state index contributed by atoms with van der Waals surface area (Å²) < 4.78 is 4.96. The largest absolute Gasteiger partial charge is 0.508 e. The second kappa shape index (κ2) is 5.71. The Hall–Kier alpha value is -2.07. The van der Waals surface area contributed by atoms with E-state index >= 15 is 0 Å². The van der Waals surface area contributed by atoms with Crippen LogP contribution in [0.25, 0.3) is 0 Å². The molecule has 2 rings (SSSR count). The molecule has 0 spiro atoms. The first kappa shape index (κ1) is 13.4. The zero-order chi connectivity index (χ0) is 13.8. The van der Waals surface area contributed by atoms with Gasteiger partial charge in [0, 0.05) is 28.9 Å². The number of nitrogens with one attached hydrogen (secondary N) is 1. The van der Waals surface area contributed by atoms with Gasteiger partial charge in [0.15, 0.2) is 11.5 Å². The number of rotatable bonds is 4. The molecule has 2 aromatic carbocycles. The molecular weight excluding hydrogens is 266 g/mol. The second-order valence-corrected chi connectivity index (χ2v) is 4.38. The van der Waals surface area contributed by atoms with Crippen LogP contribution in [0.2, 0.25) is 5.02 Å². The van der Waals surface area contributed by atoms with Gasteiger partial charge in [0.1, 0.15) is 5.75 Å². The molecule has 0 aliphatic rings. The monoisotopic (exact) mass is 279 g/mol. The van der Waals surface area contributed by atoms with Gasteiger partial charge in [0.05, 0.1) is 7.11 Å². The topological polar surface area (TPSA) is 61.7 Å². The smallest absolute Gasteiger partial charge is 0.160 e. The predicted molar refractivity (Wildman–Crippen MR) is 75.1 cm³/mol. The van der Waals surface area contributed by atoms with Crippen molar-refractivity contribution in [2.75, 3.05) is 12.4 Å². The zero-order valence-corrected chi connectivity index (χ0v) is 11.1. The van der Waals surface area contributed by atoms with E-state index in [1.165, 1.54) is 7.11 Å². The van der Waals surface area contributed by atoms with E-state index in [0.29, 0.717) is 28.6 Å². The fraction of sp³-hybridized carbons (Fsp3) is 0.143. The number of phenols is 2. The third-order valence-electron chi connectivity index (χ3n) is 2.74. The number of ether oxygens (including phenoxy) is 1. The van der Waals surface area contributed by atoms with Crippen LogP contribution in [0.1, 0.15) is 5.56 Å². The molecule has 0 saturated carbocycles. The van der Waals surface area contributed by atoms with Crippen molar-refractivity contribution in [2.24, 2.45) is 0 Å². The van der Waals surface area contributed by atoms with Crippen molar-refractivity contribution in [1.82, 2.24) is 0 Å². The lowest BCUT2D eigenvalue weighted by Crippen LogP contribution is -2.00. The fourth-order valence-corrected chi connectivity index (χ4v) is 1.95. The third kappa shape index (κ3) is 3.03. The summed E-state index contributed by atoms with van der Waals surface area (Å²) >= 11 is 6.01. The lowest BCUT2D eigenvalue weighted by molar-refractivity contribution is 0.373. The van der Waals surface area contributed by atoms with Crippen LogP contribution < -0.4 is 10.1 Å². The van der Waals surface area contributed by atoms with E-state index in [1.54, 1.807) is 36.4 Å². The van der Waals surface area contributed by atoms with Gasteiger partial charge in [-0.2, -0.15) is 0 Å². The van der Waals surface area contributed by atoms with Crippen LogP contribution in [0.3, 0.4) is 0 Å². The van der Waals surface area contributed by atoms with Crippen LogP contribution in [0.4, 0.5) is 5.69 Å². The highest BCUT2D eigenvalue weighted by atomic mass is 35.5. The molecule has 0 unspecified atom stereocenters. The van der Waals surface area contributed by atoms with E-state index in [2.05, 4.69) is 5.32 Å². The molecule has 0 aliphatic heterocycles. The lowest BCUT2D eigenvalue weighted by Gasteiger charge is -2.11. The maximum atomic E-state index is 9.71. The van der Waals surface area contributed by atoms with Crippen LogP contribution in [-0.2, 0) is 6.54 Å². The zero-order valence-electron chi connectivity index (χ0n) is 10.4. The third-order valence-corrected chi connectivity index (χ3v) is 3.10. The van der Waals surface area contributed by atoms with E-state index in [1.807, 2.05) is 0 Å². The molecule has 3 N–H and O–H groups in total. The summed E-state index contributed by atoms with van der Waals surface area (Å²) in [5.41, 5.74) is 1.32. The average Bonchev–Trinajstić information content (AvgIpc) is 2.38. The summed E-state index contributed by atoms with van der Waals surface area (Å²) in [6.07, 6.45) is 0. The van der Waals surface area contributed by atoms with Gasteiger partial charge >= 0.3 is 0 Å². The maximum Gasteiger partial charge on any atom is 0.160 e. The Morgan fingerprint density at radius 3 is 2.58 bits per heavy atom. The number of phenolic OH excluding ortho intramolecular Hbond substituents is 2. The van der Waals surface area contributed by atoms with Crippen LogP contribution in [0.5, 0.6) is 17.2 Å². The normalized spacial score (nSPS) is 10.2. The first-order chi connectivity index (χ1) is 9.11. The van der Waals surface area contributed by atoms with Gasteiger partial charge < -0.3 is 20.3 Å². The Morgan fingerprint density at radius 2 is 1.95 bits per heavy atom. The molecule has 0 fully saturated rings. The summed E-state index contributed by atoms with van der Waals surface area (Å²) in [5, 5.41) is 22.9. The van der Waals surface area contributed by atoms with Crippen molar-refractivity contribution in [3.8, 4) is 17.2 Å². The summed E-state index contributed by atoms with van der Waals surface area (Å²) in [4.78, 5) is 0. The minimum atomic E-state index is 0.0517. The Labute approximate surface area is 116 Å². The lowest BCUT2D eigenvalue weighted by atomic mass is 10.2. The van der Waals surface area contributed by atoms with E-state index < -0.39 is 0 Å². The average molecular weight is 280 g/mol. The molecule has 0 aliphatic carbocycles. The number of halogens is 1. The van der Waals surface area contributed by atoms with Gasteiger partial charge in [-0.15, -0.1) is 0 Å². The molecule has 4 nitrogen and oxygen atoms in total. The first-order valence-electron chi connectivity index (χ1n) is 5.69. The summed E-state index contributed by atoms with van der Waals surface area (Å²) in [7, 11) is 1.49. The molecule has 19 heavy (non-hydrogen) atoms. The highest BCUT2D eigenvalue weighted by Gasteiger charge is 2.07. The summed E-state index contributed by atoms with van der Waals surface area (Å²) in [6.45, 7) is 0.358. The van der Waals surface area contributed by atoms with Crippen molar-refractivity contribution < 1.29 is 14.9 Å². The van der Waals surface area contributed by atoms with Crippen molar-refractivity contribution >= 4 is 17.3 Å². The molecule has 0 bridgehead atoms. The van der Waals surface area contributed by atoms with Gasteiger partial charge in [0.25, 0.3) is 0 Å². The summed E-state index contributed by atoms with van der Waals surface area (Å²) in [6, 6.07) is 9.95. The number of hydrogen-bond donors (Lipinski definition) is 3. The van der Waals surface area contributed by atoms with Gasteiger partial charge in [0.2, 0.25) is 0 Å². The van der Waals surface area contributed by atoms with E-state index in [4.69, 9.17) is 16.3 Å². The predicted octanol–water partition coefficient (Wildman–Crippen LogP) is 3.37. The van der Waals surface area contributed by atoms with Crippen LogP contribution >= 0.6 is 11.6 Å². The van der Waals surface area contributed by atoms with Crippen LogP contribution in [0.15, 0.2) is 36.4 Å². The first-order valence-corrected chi connectivity index (χ1v) is 6.07. The Balaban J connectivity index is 2.13. The molecule has 5 heteroatoms. The molecule has 100 valence electrons. The Kier molecular flexibility index (Phi) is 4.02. The van der Waals surface area contributed by atoms with Crippen molar-refractivity contribution in [2.45, 2.75) is 6.54 Å². The van der Waals surface area contributed by atoms with Crippen molar-refractivity contribution in [3.63, 3.8) is 0 Å². The van der Waals surface area contributed by atoms with Crippen molar-refractivity contribution in [3.05, 3.63) is 47.0 Å². The molecule has 0 radical (unpaired) electrons. The fourth-order valence-electron chi connectivity index (χ4n) is 1.71. The van der Waals surface area contributed by atoms with Gasteiger partial charge in [-0.25, -0.2) is 0 Å². The summed E-state index contributed by atoms with van der Waals surface area (Å²) in [5.74, 6) is 0.597. The molecule has 0 saturated heterocycles. The van der Waals surface area contributed by atoms with E-state index in [9.17, 15) is 10.2 Å². The number of benzene rings is 2. The van der Waals surface area contributed by atoms with E-state index in [0.717, 1.165) is 0 Å². The number of aromatic hydroxyl groups is 2. The van der Waals surface area contributed by atoms with Crippen LogP contribution in [0, 0.1) is 0 Å². The van der Waals surface area contributed by atoms with E-state index in [-0.39, 0.29) is 11.5 Å². The minimum Gasteiger partial charge on any atom is -0.508 e. The molecule has 0 heterocycles. The SMILES string of the molecule is COc1ccc(NCc2c(O)cccc2Cl)cc1O. The standard InChI is InChI=1S/C14H14ClNO3/c1-19-14-6-5-9(7-13(14)18)16-8-10-11(15)3-2-4-12(10)17/h2-7,16-18H,8H2,1H3. The van der Waals surface area contributed by atoms with Gasteiger partial charge in [-0.1, -0.05) is 17.7 Å². The number of methoxy groups -OCH3 is 1. The second-order valence-electron chi connectivity index (χ2n) is 3.98. The van der Waals surface area contributed by atoms with Gasteiger partial charge in [-0.05, 0) is 24.3 Å². The molecule has 0 aromatic heterocycles. The highest BCUT2D eigenvalue weighted by molar-refractivity contribution is 6.31. The molecule has 2 aromatic rings. The number of anilines is 1. The Bertz CT molecular complexity index is 567. The van der Waals surface area contributed by atoms with Crippen LogP contribution in [-0.4, -0.2) is 17.3 Å². The van der Waals surface area contributed by atoms with Crippen molar-refractivity contribution in [1.29, 1.82) is 0 Å². The highest BCUT2D eigenvalue weighted by Crippen LogP contribution is 2.30. The number of hydrogen-bond acceptors (Lipinski definition) is 4. The molecular formula is C14H14ClNO3. The van der Waals surface area contributed by atoms with Gasteiger partial charge in [-0.3, -0.25) is 0 Å². The Morgan fingerprint density at radius 1 is 1.16 bits per heavy atom. The molecule has 0 amide bonds. The minimum absolute atomic E-state index is 0.0517. The molecule has 0 atom stereocenters. The quantitative estimate of drug-likeness (QED) is 0.803.